The van der Waals surface area contributed by atoms with Crippen LogP contribution in [-0.2, 0) is 19.1 Å². The Kier molecular flexibility index (Phi) is 5.91. The first-order chi connectivity index (χ1) is 14.0. The minimum Gasteiger partial charge on any atom is -0.501 e. The number of methoxy groups -OCH3 is 2. The number of fused-ring (bicyclic) bond motifs is 1. The lowest BCUT2D eigenvalue weighted by Gasteiger charge is -2.18. The fraction of sp³-hybridized carbons (Fsp3) is 0.316. The molecular formula is C19H20N4O6. The van der Waals surface area contributed by atoms with Gasteiger partial charge >= 0.3 is 11.9 Å². The zero-order chi connectivity index (χ0) is 21.0. The Morgan fingerprint density at radius 1 is 1.17 bits per heavy atom. The van der Waals surface area contributed by atoms with Crippen molar-refractivity contribution in [3.63, 3.8) is 0 Å². The largest absolute Gasteiger partial charge is 0.501 e. The zero-order valence-electron chi connectivity index (χ0n) is 16.0. The maximum atomic E-state index is 13.0. The van der Waals surface area contributed by atoms with Crippen molar-refractivity contribution in [2.45, 2.75) is 12.8 Å². The van der Waals surface area contributed by atoms with Crippen LogP contribution in [0.2, 0.25) is 0 Å². The van der Waals surface area contributed by atoms with Crippen LogP contribution in [0, 0.1) is 0 Å². The maximum absolute atomic E-state index is 13.0. The number of ether oxygens (including phenoxy) is 2. The van der Waals surface area contributed by atoms with Gasteiger partial charge in [0.05, 0.1) is 14.2 Å². The van der Waals surface area contributed by atoms with Gasteiger partial charge in [-0.3, -0.25) is 9.20 Å². The van der Waals surface area contributed by atoms with E-state index in [4.69, 9.17) is 0 Å². The average molecular weight is 400 g/mol. The fourth-order valence-electron chi connectivity index (χ4n) is 2.99. The summed E-state index contributed by atoms with van der Waals surface area (Å²) in [6.45, 7) is 1.43. The number of aliphatic hydroxyl groups excluding tert-OH is 1. The van der Waals surface area contributed by atoms with Crippen molar-refractivity contribution in [2.75, 3.05) is 32.2 Å². The predicted molar refractivity (Wildman–Crippen MR) is 105 cm³/mol. The lowest BCUT2D eigenvalue weighted by atomic mass is 10.2. The van der Waals surface area contributed by atoms with E-state index < -0.39 is 28.8 Å². The van der Waals surface area contributed by atoms with Gasteiger partial charge in [0.1, 0.15) is 11.2 Å². The second kappa shape index (κ2) is 8.55. The van der Waals surface area contributed by atoms with E-state index in [-0.39, 0.29) is 5.69 Å². The minimum atomic E-state index is -1.13. The van der Waals surface area contributed by atoms with Crippen LogP contribution >= 0.6 is 0 Å². The van der Waals surface area contributed by atoms with Crippen molar-refractivity contribution in [2.24, 2.45) is 4.99 Å². The van der Waals surface area contributed by atoms with Crippen LogP contribution in [0.3, 0.4) is 0 Å². The molecule has 1 saturated heterocycles. The molecule has 0 saturated carbocycles. The topological polar surface area (TPSA) is 123 Å². The zero-order valence-corrected chi connectivity index (χ0v) is 16.0. The Morgan fingerprint density at radius 3 is 2.52 bits per heavy atom. The predicted octanol–water partition coefficient (Wildman–Crippen LogP) is 1.16. The Morgan fingerprint density at radius 2 is 1.86 bits per heavy atom. The van der Waals surface area contributed by atoms with Gasteiger partial charge in [0.2, 0.25) is 5.76 Å². The monoisotopic (exact) mass is 400 g/mol. The van der Waals surface area contributed by atoms with Crippen LogP contribution in [0.4, 0.5) is 11.5 Å². The number of aliphatic imine (C=N–C) groups is 1. The van der Waals surface area contributed by atoms with Crippen LogP contribution in [0.25, 0.3) is 5.65 Å². The van der Waals surface area contributed by atoms with E-state index in [9.17, 15) is 19.5 Å². The smallest absolute Gasteiger partial charge is 0.374 e. The Labute approximate surface area is 165 Å². The molecule has 3 rings (SSSR count). The molecule has 0 spiro atoms. The first kappa shape index (κ1) is 20.1. The van der Waals surface area contributed by atoms with E-state index in [1.54, 1.807) is 24.4 Å². The number of aliphatic hydroxyl groups is 1. The third-order valence-electron chi connectivity index (χ3n) is 4.46. The average Bonchev–Trinajstić information content (AvgIpc) is 3.28. The summed E-state index contributed by atoms with van der Waals surface area (Å²) in [5.41, 5.74) is -0.547. The number of nitrogens with zero attached hydrogens (tertiary/aromatic N) is 4. The molecule has 0 atom stereocenters. The van der Waals surface area contributed by atoms with Gasteiger partial charge in [-0.15, -0.1) is 0 Å². The molecule has 0 radical (unpaired) electrons. The normalized spacial score (nSPS) is 14.9. The van der Waals surface area contributed by atoms with E-state index in [0.29, 0.717) is 24.6 Å². The number of aromatic nitrogens is 2. The molecule has 152 valence electrons. The van der Waals surface area contributed by atoms with Crippen LogP contribution in [0.1, 0.15) is 12.8 Å². The third kappa shape index (κ3) is 3.96. The van der Waals surface area contributed by atoms with E-state index >= 15 is 0 Å². The number of carbonyl (C=O) groups excluding carboxylic acids is 2. The summed E-state index contributed by atoms with van der Waals surface area (Å²) in [6, 6.07) is 5.16. The van der Waals surface area contributed by atoms with Crippen LogP contribution in [0.15, 0.2) is 45.5 Å². The molecule has 0 aliphatic carbocycles. The number of carbonyl (C=O) groups is 2. The second-order valence-electron chi connectivity index (χ2n) is 6.22. The molecule has 1 fully saturated rings. The van der Waals surface area contributed by atoms with Crippen molar-refractivity contribution in [1.82, 2.24) is 9.38 Å². The quantitative estimate of drug-likeness (QED) is 0.343. The van der Waals surface area contributed by atoms with Gasteiger partial charge in [0.25, 0.3) is 5.56 Å². The molecule has 2 aromatic rings. The third-order valence-corrected chi connectivity index (χ3v) is 4.46. The molecule has 10 nitrogen and oxygen atoms in total. The lowest BCUT2D eigenvalue weighted by Crippen LogP contribution is -2.24. The van der Waals surface area contributed by atoms with Gasteiger partial charge in [-0.25, -0.2) is 19.6 Å². The summed E-state index contributed by atoms with van der Waals surface area (Å²) in [5.74, 6) is -2.74. The van der Waals surface area contributed by atoms with Gasteiger partial charge in [0, 0.05) is 25.5 Å². The molecule has 29 heavy (non-hydrogen) atoms. The van der Waals surface area contributed by atoms with E-state index in [1.165, 1.54) is 4.40 Å². The molecule has 0 aromatic carbocycles. The van der Waals surface area contributed by atoms with Crippen molar-refractivity contribution in [3.05, 3.63) is 46.1 Å². The van der Waals surface area contributed by atoms with Gasteiger partial charge in [-0.1, -0.05) is 6.07 Å². The molecular weight excluding hydrogens is 380 g/mol. The van der Waals surface area contributed by atoms with Gasteiger partial charge in [-0.2, -0.15) is 0 Å². The molecule has 1 aliphatic heterocycles. The van der Waals surface area contributed by atoms with E-state index in [0.717, 1.165) is 33.3 Å². The van der Waals surface area contributed by atoms with E-state index in [1.807, 2.05) is 4.90 Å². The van der Waals surface area contributed by atoms with E-state index in [2.05, 4.69) is 19.5 Å². The van der Waals surface area contributed by atoms with Crippen LogP contribution < -0.4 is 10.5 Å². The number of anilines is 1. The van der Waals surface area contributed by atoms with Crippen LogP contribution in [-0.4, -0.2) is 60.0 Å². The number of esters is 2. The van der Waals surface area contributed by atoms with Crippen molar-refractivity contribution in [3.8, 4) is 0 Å². The molecule has 1 N–H and O–H groups in total. The lowest BCUT2D eigenvalue weighted by molar-refractivity contribution is -0.141. The van der Waals surface area contributed by atoms with Crippen molar-refractivity contribution >= 4 is 35.3 Å². The number of hydrogen-bond acceptors (Lipinski definition) is 9. The highest BCUT2D eigenvalue weighted by Crippen LogP contribution is 2.27. The SMILES string of the molecule is COC(=O)/C(O)=C(/C=Nc1c(N2CCCC2)nc2ccccn2c1=O)C(=O)OC. The Balaban J connectivity index is 2.18. The Bertz CT molecular complexity index is 1070. The highest BCUT2D eigenvalue weighted by molar-refractivity contribution is 6.14. The molecule has 3 heterocycles. The summed E-state index contributed by atoms with van der Waals surface area (Å²) >= 11 is 0. The first-order valence-electron chi connectivity index (χ1n) is 8.88. The molecule has 2 aromatic heterocycles. The summed E-state index contributed by atoms with van der Waals surface area (Å²) in [4.78, 5) is 47.2. The number of rotatable bonds is 5. The highest BCUT2D eigenvalue weighted by Gasteiger charge is 2.23. The van der Waals surface area contributed by atoms with Crippen LogP contribution in [0.5, 0.6) is 0 Å². The van der Waals surface area contributed by atoms with Gasteiger partial charge < -0.3 is 19.5 Å². The van der Waals surface area contributed by atoms with Crippen molar-refractivity contribution < 1.29 is 24.2 Å². The summed E-state index contributed by atoms with van der Waals surface area (Å²) in [7, 11) is 2.14. The molecule has 10 heteroatoms. The standard InChI is InChI=1S/C19H20N4O6/c1-28-18(26)12(15(24)19(27)29-2)11-20-14-16(22-8-5-6-9-22)21-13-7-3-4-10-23(13)17(14)25/h3-4,7,10-11,24H,5-6,8-9H2,1-2H3/b15-12+,20-11?. The maximum Gasteiger partial charge on any atom is 0.374 e. The summed E-state index contributed by atoms with van der Waals surface area (Å²) in [6.07, 6.45) is 4.37. The number of hydrogen-bond donors (Lipinski definition) is 1. The fourth-order valence-corrected chi connectivity index (χ4v) is 2.99. The highest BCUT2D eigenvalue weighted by atomic mass is 16.5. The minimum absolute atomic E-state index is 0.0188. The Hall–Kier alpha value is -3.69. The van der Waals surface area contributed by atoms with Gasteiger partial charge in [-0.05, 0) is 25.0 Å². The summed E-state index contributed by atoms with van der Waals surface area (Å²) < 4.78 is 10.3. The molecule has 1 aliphatic rings. The molecule has 0 unspecified atom stereocenters. The first-order valence-corrected chi connectivity index (χ1v) is 8.88. The second-order valence-corrected chi connectivity index (χ2v) is 6.22. The molecule has 0 amide bonds. The van der Waals surface area contributed by atoms with Crippen molar-refractivity contribution in [1.29, 1.82) is 0 Å². The van der Waals surface area contributed by atoms with Gasteiger partial charge in [0.15, 0.2) is 11.5 Å². The molecule has 0 bridgehead atoms. The number of pyridine rings is 1. The summed E-state index contributed by atoms with van der Waals surface area (Å²) in [5, 5.41) is 9.98.